The number of hydrogen-bond acceptors (Lipinski definition) is 2. The Kier molecular flexibility index (Phi) is 3.44. The molecule has 0 atom stereocenters. The molecule has 14 heavy (non-hydrogen) atoms. The van der Waals surface area contributed by atoms with Gasteiger partial charge in [0.1, 0.15) is 0 Å². The molecule has 0 N–H and O–H groups in total. The Morgan fingerprint density at radius 2 is 2.00 bits per heavy atom. The lowest BCUT2D eigenvalue weighted by molar-refractivity contribution is 0.149. The zero-order chi connectivity index (χ0) is 10.8. The van der Waals surface area contributed by atoms with Crippen LogP contribution >= 0.6 is 10.7 Å². The van der Waals surface area contributed by atoms with E-state index in [9.17, 15) is 17.2 Å². The first-order chi connectivity index (χ1) is 6.39. The number of rotatable bonds is 3. The third kappa shape index (κ3) is 3.23. The predicted molar refractivity (Wildman–Crippen MR) is 49.2 cm³/mol. The van der Waals surface area contributed by atoms with Gasteiger partial charge in [0, 0.05) is 17.1 Å². The minimum absolute atomic E-state index is 0.155. The van der Waals surface area contributed by atoms with Gasteiger partial charge in [0.2, 0.25) is 6.43 Å². The molecule has 0 radical (unpaired) electrons. The SMILES string of the molecule is O=S(=O)(Cl)c1cccc(CC(F)F)c1. The molecule has 0 unspecified atom stereocenters. The third-order valence-corrected chi connectivity index (χ3v) is 2.92. The average molecular weight is 241 g/mol. The van der Waals surface area contributed by atoms with Gasteiger partial charge in [-0.25, -0.2) is 17.2 Å². The summed E-state index contributed by atoms with van der Waals surface area (Å²) in [5.41, 5.74) is 0.252. The highest BCUT2D eigenvalue weighted by Crippen LogP contribution is 2.17. The van der Waals surface area contributed by atoms with Gasteiger partial charge in [0.25, 0.3) is 9.05 Å². The van der Waals surface area contributed by atoms with Crippen molar-refractivity contribution in [3.05, 3.63) is 29.8 Å². The van der Waals surface area contributed by atoms with Crippen LogP contribution in [0.4, 0.5) is 8.78 Å². The van der Waals surface area contributed by atoms with Crippen LogP contribution in [-0.2, 0) is 15.5 Å². The maximum absolute atomic E-state index is 12.0. The second-order valence-corrected chi connectivity index (χ2v) is 5.25. The summed E-state index contributed by atoms with van der Waals surface area (Å²) >= 11 is 0. The Balaban J connectivity index is 3.02. The zero-order valence-corrected chi connectivity index (χ0v) is 8.52. The second-order valence-electron chi connectivity index (χ2n) is 2.68. The largest absolute Gasteiger partial charge is 0.261 e. The van der Waals surface area contributed by atoms with Gasteiger partial charge >= 0.3 is 0 Å². The van der Waals surface area contributed by atoms with Crippen LogP contribution in [0.1, 0.15) is 5.56 Å². The molecule has 6 heteroatoms. The molecule has 1 rings (SSSR count). The topological polar surface area (TPSA) is 34.1 Å². The molecular formula is C8H7ClF2O2S. The standard InChI is InChI=1S/C8H7ClF2O2S/c9-14(12,13)7-3-1-2-6(4-7)5-8(10)11/h1-4,8H,5H2. The summed E-state index contributed by atoms with van der Waals surface area (Å²) in [5, 5.41) is 0. The maximum atomic E-state index is 12.0. The number of benzene rings is 1. The molecule has 0 bridgehead atoms. The summed E-state index contributed by atoms with van der Waals surface area (Å²) < 4.78 is 45.6. The molecule has 0 aliphatic carbocycles. The van der Waals surface area contributed by atoms with Crippen molar-refractivity contribution in [2.75, 3.05) is 0 Å². The Morgan fingerprint density at radius 3 is 2.50 bits per heavy atom. The van der Waals surface area contributed by atoms with E-state index in [0.717, 1.165) is 6.07 Å². The summed E-state index contributed by atoms with van der Waals surface area (Å²) in [5.74, 6) is 0. The molecule has 0 saturated heterocycles. The van der Waals surface area contributed by atoms with E-state index >= 15 is 0 Å². The molecule has 0 amide bonds. The maximum Gasteiger partial charge on any atom is 0.261 e. The number of alkyl halides is 2. The van der Waals surface area contributed by atoms with Crippen LogP contribution in [0.2, 0.25) is 0 Å². The van der Waals surface area contributed by atoms with Crippen molar-refractivity contribution >= 4 is 19.7 Å². The van der Waals surface area contributed by atoms with E-state index in [2.05, 4.69) is 0 Å². The van der Waals surface area contributed by atoms with Crippen molar-refractivity contribution in [3.63, 3.8) is 0 Å². The molecule has 1 aromatic rings. The molecule has 0 spiro atoms. The lowest BCUT2D eigenvalue weighted by Crippen LogP contribution is -1.98. The highest BCUT2D eigenvalue weighted by atomic mass is 35.7. The van der Waals surface area contributed by atoms with Crippen LogP contribution in [0.5, 0.6) is 0 Å². The molecule has 0 aliphatic heterocycles. The van der Waals surface area contributed by atoms with E-state index < -0.39 is 21.9 Å². The van der Waals surface area contributed by atoms with Crippen molar-refractivity contribution in [2.45, 2.75) is 17.7 Å². The van der Waals surface area contributed by atoms with Gasteiger partial charge in [-0.2, -0.15) is 0 Å². The quantitative estimate of drug-likeness (QED) is 0.761. The molecule has 1 aromatic carbocycles. The molecule has 0 saturated carbocycles. The van der Waals surface area contributed by atoms with E-state index in [0.29, 0.717) is 0 Å². The van der Waals surface area contributed by atoms with Crippen LogP contribution in [-0.4, -0.2) is 14.8 Å². The Morgan fingerprint density at radius 1 is 1.36 bits per heavy atom. The molecule has 2 nitrogen and oxygen atoms in total. The normalized spacial score (nSPS) is 12.0. The highest BCUT2D eigenvalue weighted by Gasteiger charge is 2.11. The monoisotopic (exact) mass is 240 g/mol. The van der Waals surface area contributed by atoms with Crippen molar-refractivity contribution in [1.29, 1.82) is 0 Å². The van der Waals surface area contributed by atoms with Crippen molar-refractivity contribution in [3.8, 4) is 0 Å². The first-order valence-electron chi connectivity index (χ1n) is 3.71. The summed E-state index contributed by atoms with van der Waals surface area (Å²) in [6.07, 6.45) is -2.97. The highest BCUT2D eigenvalue weighted by molar-refractivity contribution is 8.13. The Hall–Kier alpha value is -0.680. The molecule has 0 heterocycles. The van der Waals surface area contributed by atoms with Crippen LogP contribution in [0.25, 0.3) is 0 Å². The van der Waals surface area contributed by atoms with Gasteiger partial charge in [-0.15, -0.1) is 0 Å². The fraction of sp³-hybridized carbons (Fsp3) is 0.250. The molecule has 0 fully saturated rings. The summed E-state index contributed by atoms with van der Waals surface area (Å²) in [6.45, 7) is 0. The van der Waals surface area contributed by atoms with E-state index in [1.54, 1.807) is 0 Å². The van der Waals surface area contributed by atoms with E-state index in [1.165, 1.54) is 18.2 Å². The van der Waals surface area contributed by atoms with Crippen LogP contribution in [0.15, 0.2) is 29.2 Å². The number of halogens is 3. The summed E-state index contributed by atoms with van der Waals surface area (Å²) in [7, 11) is 1.22. The van der Waals surface area contributed by atoms with Crippen LogP contribution < -0.4 is 0 Å². The molecule has 0 aliphatic rings. The number of hydrogen-bond donors (Lipinski definition) is 0. The third-order valence-electron chi connectivity index (χ3n) is 1.57. The van der Waals surface area contributed by atoms with Crippen molar-refractivity contribution < 1.29 is 17.2 Å². The van der Waals surface area contributed by atoms with E-state index in [1.807, 2.05) is 0 Å². The zero-order valence-electron chi connectivity index (χ0n) is 6.95. The van der Waals surface area contributed by atoms with Gasteiger partial charge in [0.05, 0.1) is 4.90 Å². The van der Waals surface area contributed by atoms with Gasteiger partial charge in [-0.1, -0.05) is 12.1 Å². The minimum atomic E-state index is -3.83. The summed E-state index contributed by atoms with van der Waals surface area (Å²) in [4.78, 5) is -0.155. The lowest BCUT2D eigenvalue weighted by atomic mass is 10.2. The first-order valence-corrected chi connectivity index (χ1v) is 6.02. The average Bonchev–Trinajstić information content (AvgIpc) is 2.01. The smallest absolute Gasteiger partial charge is 0.210 e. The Labute approximate surface area is 84.9 Å². The Bertz CT molecular complexity index is 417. The second kappa shape index (κ2) is 4.23. The lowest BCUT2D eigenvalue weighted by Gasteiger charge is -2.01. The predicted octanol–water partition coefficient (Wildman–Crippen LogP) is 2.42. The molecular weight excluding hydrogens is 234 g/mol. The van der Waals surface area contributed by atoms with Gasteiger partial charge in [-0.05, 0) is 17.7 Å². The molecule has 0 aromatic heterocycles. The fourth-order valence-corrected chi connectivity index (χ4v) is 1.82. The summed E-state index contributed by atoms with van der Waals surface area (Å²) in [6, 6.07) is 5.22. The van der Waals surface area contributed by atoms with Crippen molar-refractivity contribution in [2.24, 2.45) is 0 Å². The van der Waals surface area contributed by atoms with Crippen LogP contribution in [0, 0.1) is 0 Å². The first kappa shape index (κ1) is 11.4. The minimum Gasteiger partial charge on any atom is -0.210 e. The van der Waals surface area contributed by atoms with Crippen LogP contribution in [0.3, 0.4) is 0 Å². The van der Waals surface area contributed by atoms with Gasteiger partial charge in [-0.3, -0.25) is 0 Å². The molecule has 78 valence electrons. The fourth-order valence-electron chi connectivity index (χ4n) is 1.00. The van der Waals surface area contributed by atoms with E-state index in [-0.39, 0.29) is 10.5 Å². The van der Waals surface area contributed by atoms with Crippen molar-refractivity contribution in [1.82, 2.24) is 0 Å². The van der Waals surface area contributed by atoms with Gasteiger partial charge in [0.15, 0.2) is 0 Å². The van der Waals surface area contributed by atoms with E-state index in [4.69, 9.17) is 10.7 Å². The van der Waals surface area contributed by atoms with Gasteiger partial charge < -0.3 is 0 Å².